The Labute approximate surface area is 145 Å². The predicted molar refractivity (Wildman–Crippen MR) is 91.9 cm³/mol. The standard InChI is InChI=1S/C19H17N3O3/c20-10-13-1-3-14(4-2-13)11-21-19(24)12-25-16-6-7-17-15(9-16)5-8-18(23)22-17/h1-4,6-7,9H,5,8,11-12H2,(H,21,24)(H,22,23). The molecule has 2 aromatic rings. The summed E-state index contributed by atoms with van der Waals surface area (Å²) in [5.74, 6) is 0.391. The van der Waals surface area contributed by atoms with Crippen molar-refractivity contribution in [2.45, 2.75) is 19.4 Å². The van der Waals surface area contributed by atoms with Crippen molar-refractivity contribution in [1.29, 1.82) is 5.26 Å². The number of amides is 2. The van der Waals surface area contributed by atoms with Crippen LogP contribution < -0.4 is 15.4 Å². The molecular formula is C19H17N3O3. The average Bonchev–Trinajstić information content (AvgIpc) is 2.65. The largest absolute Gasteiger partial charge is 0.484 e. The number of ether oxygens (including phenoxy) is 1. The van der Waals surface area contributed by atoms with E-state index in [0.29, 0.717) is 30.7 Å². The van der Waals surface area contributed by atoms with E-state index in [1.807, 2.05) is 6.07 Å². The molecule has 0 spiro atoms. The van der Waals surface area contributed by atoms with Crippen LogP contribution >= 0.6 is 0 Å². The van der Waals surface area contributed by atoms with Gasteiger partial charge >= 0.3 is 0 Å². The quantitative estimate of drug-likeness (QED) is 0.876. The number of carbonyl (C=O) groups is 2. The molecule has 0 bridgehead atoms. The van der Waals surface area contributed by atoms with E-state index < -0.39 is 0 Å². The first-order chi connectivity index (χ1) is 12.1. The fourth-order valence-electron chi connectivity index (χ4n) is 2.55. The van der Waals surface area contributed by atoms with E-state index >= 15 is 0 Å². The van der Waals surface area contributed by atoms with Crippen LogP contribution in [0.25, 0.3) is 0 Å². The first-order valence-electron chi connectivity index (χ1n) is 7.95. The SMILES string of the molecule is N#Cc1ccc(CNC(=O)COc2ccc3c(c2)CCC(=O)N3)cc1. The van der Waals surface area contributed by atoms with Crippen LogP contribution in [0, 0.1) is 11.3 Å². The molecule has 0 aliphatic carbocycles. The van der Waals surface area contributed by atoms with Crippen molar-refractivity contribution in [3.63, 3.8) is 0 Å². The van der Waals surface area contributed by atoms with Crippen LogP contribution in [0.15, 0.2) is 42.5 Å². The van der Waals surface area contributed by atoms with Gasteiger partial charge in [0.25, 0.3) is 5.91 Å². The van der Waals surface area contributed by atoms with Crippen molar-refractivity contribution >= 4 is 17.5 Å². The molecular weight excluding hydrogens is 318 g/mol. The topological polar surface area (TPSA) is 91.2 Å². The monoisotopic (exact) mass is 335 g/mol. The Bertz CT molecular complexity index is 838. The van der Waals surface area contributed by atoms with Gasteiger partial charge < -0.3 is 15.4 Å². The molecule has 0 fully saturated rings. The number of nitrogens with zero attached hydrogens (tertiary/aromatic N) is 1. The third kappa shape index (κ3) is 4.36. The van der Waals surface area contributed by atoms with Gasteiger partial charge in [0.2, 0.25) is 5.91 Å². The second-order valence-corrected chi connectivity index (χ2v) is 5.74. The maximum Gasteiger partial charge on any atom is 0.258 e. The minimum Gasteiger partial charge on any atom is -0.484 e. The highest BCUT2D eigenvalue weighted by molar-refractivity contribution is 5.94. The molecule has 0 atom stereocenters. The van der Waals surface area contributed by atoms with E-state index in [9.17, 15) is 9.59 Å². The Morgan fingerprint density at radius 2 is 2.00 bits per heavy atom. The number of fused-ring (bicyclic) bond motifs is 1. The molecule has 2 aromatic carbocycles. The summed E-state index contributed by atoms with van der Waals surface area (Å²) in [6, 6.07) is 14.5. The van der Waals surface area contributed by atoms with E-state index in [-0.39, 0.29) is 18.4 Å². The summed E-state index contributed by atoms with van der Waals surface area (Å²) in [6.07, 6.45) is 1.13. The summed E-state index contributed by atoms with van der Waals surface area (Å²) in [5.41, 5.74) is 3.31. The van der Waals surface area contributed by atoms with Crippen LogP contribution in [0.2, 0.25) is 0 Å². The molecule has 1 heterocycles. The van der Waals surface area contributed by atoms with Gasteiger partial charge in [-0.05, 0) is 47.9 Å². The van der Waals surface area contributed by atoms with E-state index in [4.69, 9.17) is 10.00 Å². The van der Waals surface area contributed by atoms with Crippen molar-refractivity contribution in [3.8, 4) is 11.8 Å². The highest BCUT2D eigenvalue weighted by Gasteiger charge is 2.15. The second kappa shape index (κ2) is 7.49. The summed E-state index contributed by atoms with van der Waals surface area (Å²) < 4.78 is 5.52. The number of carbonyl (C=O) groups excluding carboxylic acids is 2. The van der Waals surface area contributed by atoms with Gasteiger partial charge in [-0.3, -0.25) is 9.59 Å². The van der Waals surface area contributed by atoms with Gasteiger partial charge in [0.05, 0.1) is 11.6 Å². The summed E-state index contributed by atoms with van der Waals surface area (Å²) in [4.78, 5) is 23.2. The zero-order valence-electron chi connectivity index (χ0n) is 13.5. The van der Waals surface area contributed by atoms with E-state index in [1.165, 1.54) is 0 Å². The highest BCUT2D eigenvalue weighted by atomic mass is 16.5. The molecule has 0 saturated heterocycles. The number of rotatable bonds is 5. The normalized spacial score (nSPS) is 12.5. The maximum absolute atomic E-state index is 11.9. The minimum atomic E-state index is -0.226. The third-order valence-corrected chi connectivity index (χ3v) is 3.91. The van der Waals surface area contributed by atoms with Crippen LogP contribution in [0.5, 0.6) is 5.75 Å². The Hall–Kier alpha value is -3.33. The zero-order valence-corrected chi connectivity index (χ0v) is 13.5. The van der Waals surface area contributed by atoms with E-state index in [1.54, 1.807) is 36.4 Å². The van der Waals surface area contributed by atoms with Crippen LogP contribution in [0.3, 0.4) is 0 Å². The first kappa shape index (κ1) is 16.5. The molecule has 1 aliphatic heterocycles. The lowest BCUT2D eigenvalue weighted by molar-refractivity contribution is -0.123. The van der Waals surface area contributed by atoms with Gasteiger partial charge in [0.1, 0.15) is 5.75 Å². The molecule has 6 nitrogen and oxygen atoms in total. The van der Waals surface area contributed by atoms with Crippen molar-refractivity contribution < 1.29 is 14.3 Å². The lowest BCUT2D eigenvalue weighted by Crippen LogP contribution is -2.28. The van der Waals surface area contributed by atoms with Gasteiger partial charge in [-0.2, -0.15) is 5.26 Å². The third-order valence-electron chi connectivity index (χ3n) is 3.91. The van der Waals surface area contributed by atoms with Crippen molar-refractivity contribution in [1.82, 2.24) is 5.32 Å². The van der Waals surface area contributed by atoms with E-state index in [0.717, 1.165) is 16.8 Å². The molecule has 3 rings (SSSR count). The van der Waals surface area contributed by atoms with Gasteiger partial charge in [-0.25, -0.2) is 0 Å². The van der Waals surface area contributed by atoms with Crippen molar-refractivity contribution in [3.05, 3.63) is 59.2 Å². The molecule has 0 aromatic heterocycles. The predicted octanol–water partition coefficient (Wildman–Crippen LogP) is 2.14. The number of benzene rings is 2. The molecule has 126 valence electrons. The molecule has 2 amide bonds. The highest BCUT2D eigenvalue weighted by Crippen LogP contribution is 2.26. The van der Waals surface area contributed by atoms with Crippen molar-refractivity contribution in [2.24, 2.45) is 0 Å². The Kier molecular flexibility index (Phi) is 4.95. The summed E-state index contributed by atoms with van der Waals surface area (Å²) in [5, 5.41) is 14.3. The number of nitriles is 1. The number of aryl methyl sites for hydroxylation is 1. The van der Waals surface area contributed by atoms with Gasteiger partial charge in [0.15, 0.2) is 6.61 Å². The molecule has 25 heavy (non-hydrogen) atoms. The Morgan fingerprint density at radius 3 is 2.76 bits per heavy atom. The minimum absolute atomic E-state index is 0.0170. The Morgan fingerprint density at radius 1 is 1.20 bits per heavy atom. The second-order valence-electron chi connectivity index (χ2n) is 5.74. The van der Waals surface area contributed by atoms with Gasteiger partial charge in [0, 0.05) is 18.7 Å². The van der Waals surface area contributed by atoms with Crippen molar-refractivity contribution in [2.75, 3.05) is 11.9 Å². The van der Waals surface area contributed by atoms with Gasteiger partial charge in [-0.15, -0.1) is 0 Å². The van der Waals surface area contributed by atoms with Gasteiger partial charge in [-0.1, -0.05) is 12.1 Å². The fraction of sp³-hybridized carbons (Fsp3) is 0.211. The number of hydrogen-bond donors (Lipinski definition) is 2. The number of anilines is 1. The number of hydrogen-bond acceptors (Lipinski definition) is 4. The van der Waals surface area contributed by atoms with Crippen LogP contribution in [0.1, 0.15) is 23.1 Å². The smallest absolute Gasteiger partial charge is 0.258 e. The fourth-order valence-corrected chi connectivity index (χ4v) is 2.55. The van der Waals surface area contributed by atoms with E-state index in [2.05, 4.69) is 16.7 Å². The molecule has 6 heteroatoms. The zero-order chi connectivity index (χ0) is 17.6. The molecule has 0 saturated carbocycles. The lowest BCUT2D eigenvalue weighted by Gasteiger charge is -2.17. The lowest BCUT2D eigenvalue weighted by atomic mass is 10.0. The van der Waals surface area contributed by atoms with Crippen LogP contribution in [0.4, 0.5) is 5.69 Å². The first-order valence-corrected chi connectivity index (χ1v) is 7.95. The molecule has 1 aliphatic rings. The summed E-state index contributed by atoms with van der Waals surface area (Å²) >= 11 is 0. The molecule has 0 radical (unpaired) electrons. The van der Waals surface area contributed by atoms with Crippen LogP contribution in [-0.4, -0.2) is 18.4 Å². The number of nitrogens with one attached hydrogen (secondary N) is 2. The van der Waals surface area contributed by atoms with Crippen LogP contribution in [-0.2, 0) is 22.6 Å². The Balaban J connectivity index is 1.49. The molecule has 0 unspecified atom stereocenters. The summed E-state index contributed by atoms with van der Waals surface area (Å²) in [7, 11) is 0. The average molecular weight is 335 g/mol. The summed E-state index contributed by atoms with van der Waals surface area (Å²) in [6.45, 7) is 0.297. The maximum atomic E-state index is 11.9. The molecule has 2 N–H and O–H groups in total.